The molecule has 0 spiro atoms. The van der Waals surface area contributed by atoms with Gasteiger partial charge < -0.3 is 25.6 Å². The molecule has 68 heavy (non-hydrogen) atoms. The summed E-state index contributed by atoms with van der Waals surface area (Å²) in [4.78, 5) is 36.7. The number of carbonyl (C=O) groups excluding carboxylic acids is 1. The number of nitrogens with two attached hydrogens (primary N) is 1. The summed E-state index contributed by atoms with van der Waals surface area (Å²) in [5.74, 6) is 0.0715. The molecule has 2 saturated heterocycles. The van der Waals surface area contributed by atoms with Crippen molar-refractivity contribution in [2.75, 3.05) is 52.5 Å². The van der Waals surface area contributed by atoms with Crippen LogP contribution in [-0.4, -0.2) is 89.2 Å². The van der Waals surface area contributed by atoms with Crippen molar-refractivity contribution in [1.82, 2.24) is 25.1 Å². The predicted octanol–water partition coefficient (Wildman–Crippen LogP) is 10.3. The fraction of sp³-hybridized carbons (Fsp3) is 0.321. The van der Waals surface area contributed by atoms with E-state index >= 15 is 0 Å². The second-order valence-corrected chi connectivity index (χ2v) is 17.1. The number of aliphatic carboxylic acids is 1. The summed E-state index contributed by atoms with van der Waals surface area (Å²) in [5.41, 5.74) is 8.94. The molecule has 2 aliphatic rings. The fourth-order valence-corrected chi connectivity index (χ4v) is 7.91. The number of hydrogen-bond acceptors (Lipinski definition) is 9. The average molecular weight is 970 g/mol. The second kappa shape index (κ2) is 27.8. The molecule has 8 rings (SSSR count). The Labute approximate surface area is 408 Å². The Morgan fingerprint density at radius 2 is 1.06 bits per heavy atom. The van der Waals surface area contributed by atoms with Crippen molar-refractivity contribution in [3.8, 4) is 11.5 Å². The topological polar surface area (TPSA) is 143 Å². The maximum absolute atomic E-state index is 13.4. The molecular weight excluding hydrogens is 910 g/mol. The van der Waals surface area contributed by atoms with E-state index in [1.165, 1.54) is 18.3 Å². The standard InChI is InChI=1S/C26H27ClFN3O2.C14H19NO3.C12H10ClFN2.CH4/c27-21-8-6-19(7-9-21)25(24-11-10-22(28)18-29-24)30-26(32)20-12-14-31(15-13-20)16-17-33-23-4-2-1-3-5-23;16-14(17)12-6-8-15(9-7-12)10-11-18-13-4-2-1-3-5-13;13-9-3-1-8(2-4-9)12(15)11-6-5-10(14)7-16-11;/h1-11,18,20,25H,12-17H2,(H,30,32);1-5,12H,6-11H2,(H,16,17);1-7,12H,15H2;1H4. The summed E-state index contributed by atoms with van der Waals surface area (Å²) >= 11 is 11.8. The minimum atomic E-state index is -0.657. The van der Waals surface area contributed by atoms with Crippen molar-refractivity contribution in [2.24, 2.45) is 17.6 Å². The molecule has 0 bridgehead atoms. The first-order valence-electron chi connectivity index (χ1n) is 22.3. The molecule has 4 N–H and O–H groups in total. The van der Waals surface area contributed by atoms with Gasteiger partial charge in [0.05, 0.1) is 41.8 Å². The van der Waals surface area contributed by atoms with E-state index < -0.39 is 17.8 Å². The summed E-state index contributed by atoms with van der Waals surface area (Å²) in [6, 6.07) is 39.0. The maximum Gasteiger partial charge on any atom is 0.306 e. The van der Waals surface area contributed by atoms with Crippen molar-refractivity contribution < 1.29 is 33.0 Å². The van der Waals surface area contributed by atoms with Gasteiger partial charge in [-0.2, -0.15) is 0 Å². The molecule has 0 aliphatic carbocycles. The number of rotatable bonds is 15. The summed E-state index contributed by atoms with van der Waals surface area (Å²) in [5, 5.41) is 13.3. The number of carboxylic acids is 1. The number of benzene rings is 4. The Morgan fingerprint density at radius 3 is 1.49 bits per heavy atom. The molecule has 1 amide bonds. The second-order valence-electron chi connectivity index (χ2n) is 16.2. The molecule has 2 unspecified atom stereocenters. The largest absolute Gasteiger partial charge is 0.492 e. The molecule has 15 heteroatoms. The van der Waals surface area contributed by atoms with Crippen LogP contribution in [0.4, 0.5) is 8.78 Å². The van der Waals surface area contributed by atoms with Crippen LogP contribution >= 0.6 is 23.2 Å². The van der Waals surface area contributed by atoms with Gasteiger partial charge in [0.1, 0.15) is 36.3 Å². The van der Waals surface area contributed by atoms with Crippen LogP contribution in [0.1, 0.15) is 67.7 Å². The fourth-order valence-electron chi connectivity index (χ4n) is 7.65. The van der Waals surface area contributed by atoms with Crippen LogP contribution in [0, 0.1) is 23.5 Å². The lowest BCUT2D eigenvalue weighted by Gasteiger charge is -2.32. The number of aromatic nitrogens is 2. The molecular formula is C53H60Cl2F2N6O5. The van der Waals surface area contributed by atoms with Crippen molar-refractivity contribution in [2.45, 2.75) is 45.2 Å². The Morgan fingerprint density at radius 1 is 0.632 bits per heavy atom. The molecule has 360 valence electrons. The van der Waals surface area contributed by atoms with E-state index in [4.69, 9.17) is 43.5 Å². The van der Waals surface area contributed by atoms with Gasteiger partial charge in [-0.05, 0) is 136 Å². The summed E-state index contributed by atoms with van der Waals surface area (Å²) in [7, 11) is 0. The lowest BCUT2D eigenvalue weighted by molar-refractivity contribution is -0.143. The first-order valence-corrected chi connectivity index (χ1v) is 23.1. The highest BCUT2D eigenvalue weighted by Crippen LogP contribution is 2.26. The monoisotopic (exact) mass is 968 g/mol. The number of hydrogen-bond donors (Lipinski definition) is 3. The summed E-state index contributed by atoms with van der Waals surface area (Å²) < 4.78 is 37.5. The van der Waals surface area contributed by atoms with Crippen molar-refractivity contribution >= 4 is 35.1 Å². The molecule has 11 nitrogen and oxygen atoms in total. The van der Waals surface area contributed by atoms with E-state index in [0.717, 1.165) is 93.8 Å². The number of nitrogens with one attached hydrogen (secondary N) is 1. The van der Waals surface area contributed by atoms with Gasteiger partial charge in [-0.25, -0.2) is 8.78 Å². The third-order valence-corrected chi connectivity index (χ3v) is 12.1. The average Bonchev–Trinajstić information content (AvgIpc) is 3.35. The van der Waals surface area contributed by atoms with Crippen molar-refractivity contribution in [1.29, 1.82) is 0 Å². The number of pyridine rings is 2. The van der Waals surface area contributed by atoms with Crippen LogP contribution in [0.3, 0.4) is 0 Å². The minimum absolute atomic E-state index is 0. The van der Waals surface area contributed by atoms with Gasteiger partial charge >= 0.3 is 5.97 Å². The number of carbonyl (C=O) groups is 2. The predicted molar refractivity (Wildman–Crippen MR) is 264 cm³/mol. The number of para-hydroxylation sites is 2. The SMILES string of the molecule is C.NC(c1ccc(Cl)cc1)c1ccc(F)cn1.O=C(NC(c1ccc(Cl)cc1)c1ccc(F)cn1)C1CCN(CCOc2ccccc2)CC1.O=C(O)C1CCN(CCOc2ccccc2)CC1. The molecule has 0 radical (unpaired) electrons. The molecule has 4 aromatic carbocycles. The van der Waals surface area contributed by atoms with E-state index in [0.29, 0.717) is 34.6 Å². The third-order valence-electron chi connectivity index (χ3n) is 11.6. The van der Waals surface area contributed by atoms with E-state index in [1.807, 2.05) is 84.9 Å². The Balaban J connectivity index is 0.000000208. The number of ether oxygens (including phenoxy) is 2. The van der Waals surface area contributed by atoms with Crippen LogP contribution < -0.4 is 20.5 Å². The first-order chi connectivity index (χ1) is 32.5. The zero-order valence-corrected chi connectivity index (χ0v) is 38.6. The third kappa shape index (κ3) is 17.3. The van der Waals surface area contributed by atoms with Crippen molar-refractivity contribution in [3.63, 3.8) is 0 Å². The van der Waals surface area contributed by atoms with Gasteiger partial charge in [0, 0.05) is 29.1 Å². The highest BCUT2D eigenvalue weighted by molar-refractivity contribution is 6.30. The first kappa shape index (κ1) is 53.0. The van der Waals surface area contributed by atoms with Crippen LogP contribution in [0.5, 0.6) is 11.5 Å². The Hall–Kier alpha value is -5.96. The normalized spacial score (nSPS) is 15.2. The van der Waals surface area contributed by atoms with E-state index in [2.05, 4.69) is 25.1 Å². The van der Waals surface area contributed by atoms with E-state index in [9.17, 15) is 18.4 Å². The van der Waals surface area contributed by atoms with Crippen LogP contribution in [0.2, 0.25) is 10.0 Å². The number of halogens is 4. The van der Waals surface area contributed by atoms with E-state index in [-0.39, 0.29) is 37.0 Å². The zero-order valence-electron chi connectivity index (χ0n) is 37.1. The van der Waals surface area contributed by atoms with Gasteiger partial charge in [-0.15, -0.1) is 0 Å². The van der Waals surface area contributed by atoms with Gasteiger partial charge in [-0.3, -0.25) is 29.4 Å². The number of amides is 1. The molecule has 4 heterocycles. The van der Waals surface area contributed by atoms with Crippen LogP contribution in [0.15, 0.2) is 146 Å². The van der Waals surface area contributed by atoms with Gasteiger partial charge in [0.15, 0.2) is 0 Å². The molecule has 6 aromatic rings. The molecule has 2 atom stereocenters. The zero-order chi connectivity index (χ0) is 47.4. The minimum Gasteiger partial charge on any atom is -0.492 e. The smallest absolute Gasteiger partial charge is 0.306 e. The lowest BCUT2D eigenvalue weighted by atomic mass is 9.94. The lowest BCUT2D eigenvalue weighted by Crippen LogP contribution is -2.43. The van der Waals surface area contributed by atoms with Crippen molar-refractivity contribution in [3.05, 3.63) is 190 Å². The molecule has 2 fully saturated rings. The van der Waals surface area contributed by atoms with Crippen LogP contribution in [0.25, 0.3) is 0 Å². The number of nitrogens with zero attached hydrogens (tertiary/aromatic N) is 4. The number of carboxylic acid groups (broad SMARTS) is 1. The highest BCUT2D eigenvalue weighted by Gasteiger charge is 2.28. The summed E-state index contributed by atoms with van der Waals surface area (Å²) in [6.07, 6.45) is 5.38. The van der Waals surface area contributed by atoms with Gasteiger partial charge in [0.2, 0.25) is 5.91 Å². The van der Waals surface area contributed by atoms with Gasteiger partial charge in [0.25, 0.3) is 0 Å². The van der Waals surface area contributed by atoms with Crippen LogP contribution in [-0.2, 0) is 9.59 Å². The highest BCUT2D eigenvalue weighted by atomic mass is 35.5. The molecule has 0 saturated carbocycles. The Kier molecular flexibility index (Phi) is 21.6. The number of piperidine rings is 2. The Bertz CT molecular complexity index is 2280. The van der Waals surface area contributed by atoms with E-state index in [1.54, 1.807) is 36.4 Å². The maximum atomic E-state index is 13.4. The summed E-state index contributed by atoms with van der Waals surface area (Å²) in [6.45, 7) is 6.37. The number of likely N-dealkylation sites (tertiary alicyclic amines) is 2. The molecule has 2 aliphatic heterocycles. The quantitative estimate of drug-likeness (QED) is 0.0910. The molecule has 2 aromatic heterocycles. The van der Waals surface area contributed by atoms with Gasteiger partial charge in [-0.1, -0.05) is 91.3 Å².